The summed E-state index contributed by atoms with van der Waals surface area (Å²) in [5.41, 5.74) is 3.46. The van der Waals surface area contributed by atoms with Crippen LogP contribution >= 0.6 is 11.6 Å². The number of methoxy groups -OCH3 is 2. The third-order valence-electron chi connectivity index (χ3n) is 4.91. The molecule has 1 amide bonds. The van der Waals surface area contributed by atoms with Crippen LogP contribution in [0.4, 0.5) is 0 Å². The minimum Gasteiger partial charge on any atom is -0.493 e. The van der Waals surface area contributed by atoms with E-state index in [1.54, 1.807) is 14.2 Å². The summed E-state index contributed by atoms with van der Waals surface area (Å²) in [6.45, 7) is 3.90. The predicted octanol–water partition coefficient (Wildman–Crippen LogP) is 3.59. The van der Waals surface area contributed by atoms with E-state index in [2.05, 4.69) is 10.2 Å². The zero-order chi connectivity index (χ0) is 19.4. The molecule has 0 aromatic heterocycles. The van der Waals surface area contributed by atoms with E-state index in [4.69, 9.17) is 21.1 Å². The van der Waals surface area contributed by atoms with Crippen molar-refractivity contribution >= 4 is 17.5 Å². The van der Waals surface area contributed by atoms with Gasteiger partial charge in [0.25, 0.3) is 0 Å². The van der Waals surface area contributed by atoms with Gasteiger partial charge in [-0.15, -0.1) is 0 Å². The Morgan fingerprint density at radius 3 is 2.41 bits per heavy atom. The van der Waals surface area contributed by atoms with Crippen LogP contribution in [0.2, 0.25) is 5.02 Å². The minimum absolute atomic E-state index is 0.0152. The molecule has 0 radical (unpaired) electrons. The van der Waals surface area contributed by atoms with Crippen LogP contribution in [0, 0.1) is 0 Å². The van der Waals surface area contributed by atoms with Gasteiger partial charge >= 0.3 is 0 Å². The zero-order valence-electron chi connectivity index (χ0n) is 15.9. The van der Waals surface area contributed by atoms with E-state index in [1.165, 1.54) is 11.1 Å². The highest BCUT2D eigenvalue weighted by atomic mass is 35.5. The highest BCUT2D eigenvalue weighted by molar-refractivity contribution is 6.30. The van der Waals surface area contributed by atoms with Crippen molar-refractivity contribution in [1.82, 2.24) is 10.2 Å². The molecule has 144 valence electrons. The summed E-state index contributed by atoms with van der Waals surface area (Å²) in [4.78, 5) is 14.6. The van der Waals surface area contributed by atoms with Crippen molar-refractivity contribution in [2.24, 2.45) is 0 Å². The Balaban J connectivity index is 1.60. The van der Waals surface area contributed by atoms with Gasteiger partial charge in [-0.05, 0) is 54.3 Å². The van der Waals surface area contributed by atoms with Crippen molar-refractivity contribution in [2.45, 2.75) is 25.9 Å². The van der Waals surface area contributed by atoms with Crippen LogP contribution in [0.15, 0.2) is 36.4 Å². The number of carbonyl (C=O) groups excluding carboxylic acids is 1. The van der Waals surface area contributed by atoms with Crippen LogP contribution in [0.25, 0.3) is 0 Å². The molecule has 0 aliphatic carbocycles. The van der Waals surface area contributed by atoms with Crippen LogP contribution < -0.4 is 14.8 Å². The van der Waals surface area contributed by atoms with Gasteiger partial charge in [-0.1, -0.05) is 23.7 Å². The van der Waals surface area contributed by atoms with Gasteiger partial charge in [0.2, 0.25) is 5.91 Å². The number of hydrogen-bond donors (Lipinski definition) is 1. The second-order valence-electron chi connectivity index (χ2n) is 6.78. The number of amides is 1. The average molecular weight is 389 g/mol. The van der Waals surface area contributed by atoms with Crippen LogP contribution in [0.1, 0.15) is 29.7 Å². The van der Waals surface area contributed by atoms with Crippen LogP contribution in [0.3, 0.4) is 0 Å². The summed E-state index contributed by atoms with van der Waals surface area (Å²) in [5.74, 6) is 1.49. The Bertz CT molecular complexity index is 808. The van der Waals surface area contributed by atoms with Gasteiger partial charge in [0.1, 0.15) is 0 Å². The van der Waals surface area contributed by atoms with Gasteiger partial charge in [-0.3, -0.25) is 9.69 Å². The fourth-order valence-corrected chi connectivity index (χ4v) is 3.53. The Kier molecular flexibility index (Phi) is 6.24. The first-order chi connectivity index (χ1) is 13.0. The lowest BCUT2D eigenvalue weighted by Gasteiger charge is -2.29. The minimum atomic E-state index is -0.0591. The van der Waals surface area contributed by atoms with E-state index in [-0.39, 0.29) is 11.9 Å². The standard InChI is InChI=1S/C21H25ClN2O3/c1-14(15-4-6-18(22)7-5-15)23-21(25)13-24-9-8-16-10-19(26-2)20(27-3)11-17(16)12-24/h4-7,10-11,14H,8-9,12-13H2,1-3H3,(H,23,25)/t14-/m0/s1. The molecule has 1 aliphatic heterocycles. The van der Waals surface area contributed by atoms with E-state index in [9.17, 15) is 4.79 Å². The van der Waals surface area contributed by atoms with E-state index in [0.29, 0.717) is 11.6 Å². The van der Waals surface area contributed by atoms with Gasteiger partial charge in [0.15, 0.2) is 11.5 Å². The Morgan fingerprint density at radius 2 is 1.78 bits per heavy atom. The number of hydrogen-bond acceptors (Lipinski definition) is 4. The first kappa shape index (κ1) is 19.5. The Labute approximate surface area is 165 Å². The lowest BCUT2D eigenvalue weighted by atomic mass is 9.98. The molecule has 6 heteroatoms. The molecule has 2 aromatic carbocycles. The smallest absolute Gasteiger partial charge is 0.234 e. The fourth-order valence-electron chi connectivity index (χ4n) is 3.40. The maximum Gasteiger partial charge on any atom is 0.234 e. The zero-order valence-corrected chi connectivity index (χ0v) is 16.7. The molecule has 3 rings (SSSR count). The number of ether oxygens (including phenoxy) is 2. The first-order valence-corrected chi connectivity index (χ1v) is 9.39. The molecule has 27 heavy (non-hydrogen) atoms. The highest BCUT2D eigenvalue weighted by Crippen LogP contribution is 2.33. The normalized spacial score (nSPS) is 15.0. The number of rotatable bonds is 6. The maximum absolute atomic E-state index is 12.5. The molecular weight excluding hydrogens is 364 g/mol. The Morgan fingerprint density at radius 1 is 1.15 bits per heavy atom. The monoisotopic (exact) mass is 388 g/mol. The van der Waals surface area contributed by atoms with Crippen molar-refractivity contribution in [2.75, 3.05) is 27.3 Å². The van der Waals surface area contributed by atoms with Crippen LogP contribution in [0.5, 0.6) is 11.5 Å². The quantitative estimate of drug-likeness (QED) is 0.821. The summed E-state index contributed by atoms with van der Waals surface area (Å²) in [6.07, 6.45) is 0.885. The molecule has 0 unspecified atom stereocenters. The molecule has 0 fully saturated rings. The van der Waals surface area contributed by atoms with E-state index in [0.717, 1.165) is 36.6 Å². The summed E-state index contributed by atoms with van der Waals surface area (Å²) >= 11 is 5.92. The molecular formula is C21H25ClN2O3. The van der Waals surface area contributed by atoms with Crippen LogP contribution in [-0.2, 0) is 17.8 Å². The topological polar surface area (TPSA) is 50.8 Å². The highest BCUT2D eigenvalue weighted by Gasteiger charge is 2.21. The van der Waals surface area contributed by atoms with Crippen molar-refractivity contribution in [3.63, 3.8) is 0 Å². The molecule has 1 heterocycles. The number of nitrogens with one attached hydrogen (secondary N) is 1. The average Bonchev–Trinajstić information content (AvgIpc) is 2.67. The molecule has 2 aromatic rings. The summed E-state index contributed by atoms with van der Waals surface area (Å²) < 4.78 is 10.8. The van der Waals surface area contributed by atoms with Crippen molar-refractivity contribution in [1.29, 1.82) is 0 Å². The summed E-state index contributed by atoms with van der Waals surface area (Å²) in [7, 11) is 3.28. The molecule has 0 saturated carbocycles. The predicted molar refractivity (Wildman–Crippen MR) is 107 cm³/mol. The van der Waals surface area contributed by atoms with Gasteiger partial charge in [0.05, 0.1) is 26.8 Å². The molecule has 0 spiro atoms. The van der Waals surface area contributed by atoms with Crippen molar-refractivity contribution < 1.29 is 14.3 Å². The molecule has 1 aliphatic rings. The molecule has 0 saturated heterocycles. The second-order valence-corrected chi connectivity index (χ2v) is 7.21. The summed E-state index contributed by atoms with van der Waals surface area (Å²) in [6, 6.07) is 11.5. The lowest BCUT2D eigenvalue weighted by Crippen LogP contribution is -2.40. The number of benzene rings is 2. The Hall–Kier alpha value is -2.24. The molecule has 0 bridgehead atoms. The van der Waals surface area contributed by atoms with E-state index < -0.39 is 0 Å². The molecule has 1 N–H and O–H groups in total. The van der Waals surface area contributed by atoms with Gasteiger partial charge in [-0.2, -0.15) is 0 Å². The SMILES string of the molecule is COc1cc2c(cc1OC)CN(CC(=O)N[C@@H](C)c1ccc(Cl)cc1)CC2. The van der Waals surface area contributed by atoms with Gasteiger partial charge < -0.3 is 14.8 Å². The maximum atomic E-state index is 12.5. The molecule has 5 nitrogen and oxygen atoms in total. The van der Waals surface area contributed by atoms with Crippen molar-refractivity contribution in [3.8, 4) is 11.5 Å². The number of halogens is 1. The fraction of sp³-hybridized carbons (Fsp3) is 0.381. The summed E-state index contributed by atoms with van der Waals surface area (Å²) in [5, 5.41) is 3.75. The first-order valence-electron chi connectivity index (χ1n) is 9.01. The van der Waals surface area contributed by atoms with Crippen LogP contribution in [-0.4, -0.2) is 38.1 Å². The van der Waals surface area contributed by atoms with Gasteiger partial charge in [0, 0.05) is 18.1 Å². The number of fused-ring (bicyclic) bond motifs is 1. The van der Waals surface area contributed by atoms with E-state index in [1.807, 2.05) is 43.3 Å². The third kappa shape index (κ3) is 4.73. The third-order valence-corrected chi connectivity index (χ3v) is 5.16. The second kappa shape index (κ2) is 8.63. The van der Waals surface area contributed by atoms with Gasteiger partial charge in [-0.25, -0.2) is 0 Å². The van der Waals surface area contributed by atoms with E-state index >= 15 is 0 Å². The molecule has 1 atom stereocenters. The largest absolute Gasteiger partial charge is 0.493 e. The van der Waals surface area contributed by atoms with Crippen molar-refractivity contribution in [3.05, 3.63) is 58.1 Å². The lowest BCUT2D eigenvalue weighted by molar-refractivity contribution is -0.123. The number of nitrogens with zero attached hydrogens (tertiary/aromatic N) is 1. The number of carbonyl (C=O) groups is 1.